The molecule has 1 rings (SSSR count). The molecule has 0 atom stereocenters. The van der Waals surface area contributed by atoms with Crippen LogP contribution in [0.15, 0.2) is 0 Å². The van der Waals surface area contributed by atoms with Crippen LogP contribution in [0.5, 0.6) is 0 Å². The zero-order chi connectivity index (χ0) is 9.46. The number of carboxylic acids is 2. The van der Waals surface area contributed by atoms with E-state index < -0.39 is 36.6 Å². The van der Waals surface area contributed by atoms with Crippen LogP contribution >= 0.6 is 0 Å². The van der Waals surface area contributed by atoms with Gasteiger partial charge in [-0.2, -0.15) is 0 Å². The van der Waals surface area contributed by atoms with Gasteiger partial charge in [-0.05, 0) is 12.8 Å². The SMILES string of the molecule is [2H]C1C(C(=O)O)C([2H])C1C(=O)O. The predicted octanol–water partition coefficient (Wildman–Crippen LogP) is 0.182. The highest BCUT2D eigenvalue weighted by Gasteiger charge is 2.38. The Morgan fingerprint density at radius 1 is 1.20 bits per heavy atom. The van der Waals surface area contributed by atoms with Gasteiger partial charge in [-0.15, -0.1) is 0 Å². The van der Waals surface area contributed by atoms with Crippen molar-refractivity contribution in [3.8, 4) is 0 Å². The number of rotatable bonds is 2. The molecule has 10 heavy (non-hydrogen) atoms. The normalized spacial score (nSPS) is 48.4. The van der Waals surface area contributed by atoms with Crippen LogP contribution in [-0.4, -0.2) is 22.2 Å². The molecule has 0 aliphatic heterocycles. The zero-order valence-corrected chi connectivity index (χ0v) is 5.02. The molecular weight excluding hydrogens is 136 g/mol. The summed E-state index contributed by atoms with van der Waals surface area (Å²) in [6, 6.07) is 0. The van der Waals surface area contributed by atoms with E-state index in [1.807, 2.05) is 0 Å². The lowest BCUT2D eigenvalue weighted by Gasteiger charge is -2.28. The van der Waals surface area contributed by atoms with E-state index >= 15 is 0 Å². The van der Waals surface area contributed by atoms with Crippen LogP contribution in [-0.2, 0) is 9.59 Å². The highest BCUT2D eigenvalue weighted by Crippen LogP contribution is 2.33. The van der Waals surface area contributed by atoms with Gasteiger partial charge in [0, 0.05) is 2.74 Å². The molecule has 2 N–H and O–H groups in total. The third kappa shape index (κ3) is 1.10. The van der Waals surface area contributed by atoms with Gasteiger partial charge in [0.2, 0.25) is 0 Å². The Labute approximate surface area is 60.3 Å². The van der Waals surface area contributed by atoms with Crippen molar-refractivity contribution in [3.05, 3.63) is 0 Å². The third-order valence-corrected chi connectivity index (χ3v) is 1.40. The predicted molar refractivity (Wildman–Crippen MR) is 31.5 cm³/mol. The van der Waals surface area contributed by atoms with Crippen LogP contribution in [0.3, 0.4) is 0 Å². The fraction of sp³-hybridized carbons (Fsp3) is 0.667. The molecule has 0 amide bonds. The summed E-state index contributed by atoms with van der Waals surface area (Å²) in [5.41, 5.74) is 0. The van der Waals surface area contributed by atoms with Crippen molar-refractivity contribution >= 4 is 11.9 Å². The Hall–Kier alpha value is -1.06. The second-order valence-electron chi connectivity index (χ2n) is 2.11. The fourth-order valence-corrected chi connectivity index (χ4v) is 0.759. The number of aliphatic carboxylic acids is 2. The van der Waals surface area contributed by atoms with E-state index in [1.54, 1.807) is 0 Å². The molecule has 0 aromatic rings. The summed E-state index contributed by atoms with van der Waals surface area (Å²) in [6.45, 7) is 0. The van der Waals surface area contributed by atoms with Crippen molar-refractivity contribution in [1.82, 2.24) is 0 Å². The zero-order valence-electron chi connectivity index (χ0n) is 7.02. The summed E-state index contributed by atoms with van der Waals surface area (Å²) in [5, 5.41) is 16.9. The standard InChI is InChI=1S/C6H8O4/c7-5(8)3-1-4(2-3)6(9)10/h3-4H,1-2H2,(H,7,8)(H,9,10)/i1D,2D. The van der Waals surface area contributed by atoms with Gasteiger partial charge in [0.05, 0.1) is 11.8 Å². The molecule has 0 aromatic carbocycles. The van der Waals surface area contributed by atoms with Gasteiger partial charge in [-0.1, -0.05) is 0 Å². The highest BCUT2D eigenvalue weighted by atomic mass is 16.4. The van der Waals surface area contributed by atoms with Crippen LogP contribution in [0.25, 0.3) is 0 Å². The lowest BCUT2D eigenvalue weighted by molar-refractivity contribution is -0.154. The summed E-state index contributed by atoms with van der Waals surface area (Å²) in [6.07, 6.45) is -2.36. The van der Waals surface area contributed by atoms with E-state index in [4.69, 9.17) is 13.0 Å². The smallest absolute Gasteiger partial charge is 0.306 e. The lowest BCUT2D eigenvalue weighted by Crippen LogP contribution is -2.34. The summed E-state index contributed by atoms with van der Waals surface area (Å²) in [7, 11) is 0. The van der Waals surface area contributed by atoms with Crippen LogP contribution in [0, 0.1) is 11.8 Å². The van der Waals surface area contributed by atoms with Gasteiger partial charge >= 0.3 is 11.9 Å². The summed E-state index contributed by atoms with van der Waals surface area (Å²) >= 11 is 0. The van der Waals surface area contributed by atoms with E-state index in [9.17, 15) is 9.59 Å². The van der Waals surface area contributed by atoms with Gasteiger partial charge in [-0.3, -0.25) is 9.59 Å². The van der Waals surface area contributed by atoms with Crippen molar-refractivity contribution < 1.29 is 22.5 Å². The number of hydrogen-bond acceptors (Lipinski definition) is 2. The second-order valence-corrected chi connectivity index (χ2v) is 2.11. The van der Waals surface area contributed by atoms with Crippen molar-refractivity contribution in [2.24, 2.45) is 11.8 Å². The van der Waals surface area contributed by atoms with E-state index in [0.717, 1.165) is 0 Å². The van der Waals surface area contributed by atoms with Crippen molar-refractivity contribution in [1.29, 1.82) is 0 Å². The molecular formula is C6H8O4. The molecule has 0 spiro atoms. The maximum atomic E-state index is 10.3. The first-order valence-corrected chi connectivity index (χ1v) is 2.77. The van der Waals surface area contributed by atoms with Gasteiger partial charge in [0.25, 0.3) is 0 Å². The molecule has 0 heterocycles. The van der Waals surface area contributed by atoms with E-state index in [1.165, 1.54) is 0 Å². The summed E-state index contributed by atoms with van der Waals surface area (Å²) < 4.78 is 14.3. The maximum absolute atomic E-state index is 10.3. The molecule has 1 aliphatic rings. The topological polar surface area (TPSA) is 74.6 Å². The minimum atomic E-state index is -1.26. The molecule has 0 radical (unpaired) electrons. The minimum Gasteiger partial charge on any atom is -0.481 e. The molecule has 4 nitrogen and oxygen atoms in total. The molecule has 56 valence electrons. The average molecular weight is 146 g/mol. The fourth-order valence-electron chi connectivity index (χ4n) is 0.759. The monoisotopic (exact) mass is 146 g/mol. The quantitative estimate of drug-likeness (QED) is 0.582. The van der Waals surface area contributed by atoms with E-state index in [0.29, 0.717) is 0 Å². The number of carboxylic acid groups (broad SMARTS) is 2. The molecule has 0 bridgehead atoms. The number of carbonyl (C=O) groups is 2. The maximum Gasteiger partial charge on any atom is 0.306 e. The van der Waals surface area contributed by atoms with Gasteiger partial charge < -0.3 is 10.2 Å². The van der Waals surface area contributed by atoms with E-state index in [-0.39, 0.29) is 0 Å². The first-order valence-electron chi connectivity index (χ1n) is 3.92. The molecule has 0 saturated heterocycles. The first kappa shape index (κ1) is 4.71. The number of hydrogen-bond donors (Lipinski definition) is 2. The Morgan fingerprint density at radius 3 is 1.70 bits per heavy atom. The second kappa shape index (κ2) is 2.28. The summed E-state index contributed by atoms with van der Waals surface area (Å²) in [4.78, 5) is 20.7. The first-order chi connectivity index (χ1) is 5.46. The lowest BCUT2D eigenvalue weighted by atomic mass is 9.75. The highest BCUT2D eigenvalue weighted by molar-refractivity contribution is 5.77. The van der Waals surface area contributed by atoms with Crippen LogP contribution in [0.1, 0.15) is 15.5 Å². The Balaban J connectivity index is 2.68. The molecule has 1 fully saturated rings. The van der Waals surface area contributed by atoms with Crippen LogP contribution in [0.4, 0.5) is 0 Å². The molecule has 4 heteroatoms. The third-order valence-electron chi connectivity index (χ3n) is 1.40. The van der Waals surface area contributed by atoms with Crippen molar-refractivity contribution in [2.75, 3.05) is 0 Å². The largest absolute Gasteiger partial charge is 0.481 e. The molecule has 0 unspecified atom stereocenters. The average Bonchev–Trinajstić information content (AvgIpc) is 1.84. The van der Waals surface area contributed by atoms with Crippen molar-refractivity contribution in [3.63, 3.8) is 0 Å². The Bertz CT molecular complexity index is 198. The molecule has 0 aromatic heterocycles. The Morgan fingerprint density at radius 2 is 1.50 bits per heavy atom. The van der Waals surface area contributed by atoms with Crippen LogP contribution in [0.2, 0.25) is 0 Å². The van der Waals surface area contributed by atoms with Gasteiger partial charge in [0.15, 0.2) is 0 Å². The minimum absolute atomic E-state index is 1.15. The molecule has 1 saturated carbocycles. The van der Waals surface area contributed by atoms with E-state index in [2.05, 4.69) is 0 Å². The Kier molecular flexibility index (Phi) is 1.08. The van der Waals surface area contributed by atoms with Crippen molar-refractivity contribution in [2.45, 2.75) is 12.8 Å². The molecule has 1 aliphatic carbocycles. The van der Waals surface area contributed by atoms with Crippen LogP contribution < -0.4 is 0 Å². The van der Waals surface area contributed by atoms with Gasteiger partial charge in [-0.25, -0.2) is 0 Å². The summed E-state index contributed by atoms with van der Waals surface area (Å²) in [5.74, 6) is -4.81. The van der Waals surface area contributed by atoms with Gasteiger partial charge in [0.1, 0.15) is 0 Å².